The van der Waals surface area contributed by atoms with E-state index in [4.69, 9.17) is 11.6 Å². The van der Waals surface area contributed by atoms with Crippen LogP contribution in [0.3, 0.4) is 0 Å². The van der Waals surface area contributed by atoms with Gasteiger partial charge in [0.15, 0.2) is 4.34 Å². The number of aryl methyl sites for hydroxylation is 1. The molecule has 5 rings (SSSR count). The highest BCUT2D eigenvalue weighted by molar-refractivity contribution is 8.00. The van der Waals surface area contributed by atoms with Crippen molar-refractivity contribution in [3.63, 3.8) is 0 Å². The lowest BCUT2D eigenvalue weighted by Crippen LogP contribution is -2.29. The lowest BCUT2D eigenvalue weighted by molar-refractivity contribution is -0.384. The molecule has 4 aromatic rings. The van der Waals surface area contributed by atoms with Crippen molar-refractivity contribution in [2.24, 2.45) is 0 Å². The Morgan fingerprint density at radius 2 is 1.88 bits per heavy atom. The molecule has 2 heterocycles. The summed E-state index contributed by atoms with van der Waals surface area (Å²) in [6.07, 6.45) is 0. The molecular formula is C27H18ClFN4O5S2. The zero-order chi connectivity index (χ0) is 28.6. The first kappa shape index (κ1) is 27.4. The molecule has 1 amide bonds. The highest BCUT2D eigenvalue weighted by Crippen LogP contribution is 2.44. The third-order valence-electron chi connectivity index (χ3n) is 6.22. The number of nitro groups is 1. The smallest absolute Gasteiger partial charge is 0.301 e. The first-order chi connectivity index (χ1) is 19.2. The molecule has 0 spiro atoms. The van der Waals surface area contributed by atoms with Crippen LogP contribution in [0.4, 0.5) is 15.2 Å². The first-order valence-corrected chi connectivity index (χ1v) is 13.8. The van der Waals surface area contributed by atoms with Crippen molar-refractivity contribution in [1.29, 1.82) is 0 Å². The van der Waals surface area contributed by atoms with Crippen LogP contribution in [0.2, 0.25) is 5.02 Å². The molecule has 1 unspecified atom stereocenters. The fraction of sp³-hybridized carbons (Fsp3) is 0.111. The third-order valence-corrected chi connectivity index (χ3v) is 8.69. The van der Waals surface area contributed by atoms with Gasteiger partial charge in [-0.3, -0.25) is 24.6 Å². The van der Waals surface area contributed by atoms with Gasteiger partial charge in [-0.15, -0.1) is 10.2 Å². The summed E-state index contributed by atoms with van der Waals surface area (Å²) in [4.78, 5) is 38.3. The summed E-state index contributed by atoms with van der Waals surface area (Å²) in [5.74, 6) is -2.69. The molecule has 3 aromatic carbocycles. The average Bonchev–Trinajstić information content (AvgIpc) is 3.51. The van der Waals surface area contributed by atoms with E-state index in [1.807, 2.05) is 18.2 Å². The topological polar surface area (TPSA) is 127 Å². The number of nitro benzene ring substituents is 1. The summed E-state index contributed by atoms with van der Waals surface area (Å²) < 4.78 is 14.8. The second-order valence-corrected chi connectivity index (χ2v) is 11.3. The number of Topliss-reactive ketones (excluding diaryl/α,β-unsaturated/α-hetero) is 1. The SMILES string of the molecule is Cc1ccc(/C(O)=C2/C(=O)C(=O)N(c3nnc(SCc4ccccc4Cl)s3)C2c2ccc([N+](=O)[O-])cc2)cc1F. The van der Waals surface area contributed by atoms with Gasteiger partial charge in [0.05, 0.1) is 16.5 Å². The van der Waals surface area contributed by atoms with Gasteiger partial charge in [-0.1, -0.05) is 65.0 Å². The Bertz CT molecular complexity index is 1690. The van der Waals surface area contributed by atoms with E-state index in [2.05, 4.69) is 10.2 Å². The quantitative estimate of drug-likeness (QED) is 0.0489. The van der Waals surface area contributed by atoms with E-state index in [9.17, 15) is 29.2 Å². The van der Waals surface area contributed by atoms with E-state index in [0.717, 1.165) is 27.9 Å². The van der Waals surface area contributed by atoms with E-state index in [1.54, 1.807) is 13.0 Å². The number of hydrogen-bond acceptors (Lipinski definition) is 9. The monoisotopic (exact) mass is 596 g/mol. The van der Waals surface area contributed by atoms with Crippen LogP contribution < -0.4 is 4.90 Å². The maximum atomic E-state index is 14.3. The van der Waals surface area contributed by atoms with Crippen LogP contribution in [0.25, 0.3) is 5.76 Å². The number of benzene rings is 3. The Morgan fingerprint density at radius 1 is 1.15 bits per heavy atom. The molecule has 0 radical (unpaired) electrons. The lowest BCUT2D eigenvalue weighted by Gasteiger charge is -2.22. The zero-order valence-corrected chi connectivity index (χ0v) is 23.0. The van der Waals surface area contributed by atoms with Crippen molar-refractivity contribution in [3.8, 4) is 0 Å². The van der Waals surface area contributed by atoms with Gasteiger partial charge in [-0.2, -0.15) is 0 Å². The summed E-state index contributed by atoms with van der Waals surface area (Å²) in [6, 6.07) is 15.3. The van der Waals surface area contributed by atoms with Crippen LogP contribution in [-0.2, 0) is 15.3 Å². The van der Waals surface area contributed by atoms with Crippen LogP contribution in [0, 0.1) is 22.9 Å². The van der Waals surface area contributed by atoms with Gasteiger partial charge >= 0.3 is 5.91 Å². The van der Waals surface area contributed by atoms with Gasteiger partial charge in [0, 0.05) is 28.5 Å². The van der Waals surface area contributed by atoms with Gasteiger partial charge in [0.2, 0.25) is 5.13 Å². The van der Waals surface area contributed by atoms with E-state index in [1.165, 1.54) is 48.2 Å². The molecule has 13 heteroatoms. The Hall–Kier alpha value is -4.13. The number of aliphatic hydroxyl groups excluding tert-OH is 1. The molecule has 202 valence electrons. The van der Waals surface area contributed by atoms with Crippen molar-refractivity contribution < 1.29 is 24.0 Å². The number of carbonyl (C=O) groups excluding carboxylic acids is 2. The van der Waals surface area contributed by atoms with E-state index in [0.29, 0.717) is 26.2 Å². The number of carbonyl (C=O) groups is 2. The number of amides is 1. The third kappa shape index (κ3) is 5.20. The van der Waals surface area contributed by atoms with Crippen LogP contribution >= 0.6 is 34.7 Å². The van der Waals surface area contributed by atoms with Gasteiger partial charge in [-0.25, -0.2) is 4.39 Å². The number of hydrogen-bond donors (Lipinski definition) is 1. The molecule has 9 nitrogen and oxygen atoms in total. The molecular weight excluding hydrogens is 579 g/mol. The lowest BCUT2D eigenvalue weighted by atomic mass is 9.95. The predicted octanol–water partition coefficient (Wildman–Crippen LogP) is 6.47. The van der Waals surface area contributed by atoms with Gasteiger partial charge in [0.25, 0.3) is 11.5 Å². The maximum absolute atomic E-state index is 14.3. The normalized spacial score (nSPS) is 16.5. The van der Waals surface area contributed by atoms with Crippen LogP contribution in [0.1, 0.15) is 28.3 Å². The first-order valence-electron chi connectivity index (χ1n) is 11.7. The number of thioether (sulfide) groups is 1. The van der Waals surface area contributed by atoms with Crippen molar-refractivity contribution in [3.05, 3.63) is 116 Å². The number of aliphatic hydroxyl groups is 1. The minimum Gasteiger partial charge on any atom is -0.507 e. The van der Waals surface area contributed by atoms with E-state index in [-0.39, 0.29) is 22.0 Å². The summed E-state index contributed by atoms with van der Waals surface area (Å²) in [7, 11) is 0. The fourth-order valence-electron chi connectivity index (χ4n) is 4.13. The number of rotatable bonds is 7. The fourth-order valence-corrected chi connectivity index (χ4v) is 6.29. The molecule has 40 heavy (non-hydrogen) atoms. The summed E-state index contributed by atoms with van der Waals surface area (Å²) in [5.41, 5.74) is 1.01. The molecule has 1 atom stereocenters. The van der Waals surface area contributed by atoms with E-state index >= 15 is 0 Å². The summed E-state index contributed by atoms with van der Waals surface area (Å²) >= 11 is 8.63. The Kier molecular flexibility index (Phi) is 7.66. The molecule has 0 bridgehead atoms. The van der Waals surface area contributed by atoms with Gasteiger partial charge in [-0.05, 0) is 47.9 Å². The number of halogens is 2. The second-order valence-electron chi connectivity index (χ2n) is 8.71. The Labute approximate surface area is 240 Å². The van der Waals surface area contributed by atoms with Crippen LogP contribution in [-0.4, -0.2) is 31.9 Å². The number of anilines is 1. The molecule has 0 saturated carbocycles. The van der Waals surface area contributed by atoms with Crippen molar-refractivity contribution >= 4 is 63.0 Å². The molecule has 1 aliphatic heterocycles. The standard InChI is InChI=1S/C27H18ClFN4O5S2/c1-14-6-7-16(12-20(14)29)23(34)21-22(15-8-10-18(11-9-15)33(37)38)32(25(36)24(21)35)26-30-31-27(40-26)39-13-17-4-2-3-5-19(17)28/h2-12,22,34H,13H2,1H3/b23-21-. The molecule has 1 saturated heterocycles. The van der Waals surface area contributed by atoms with Crippen LogP contribution in [0.5, 0.6) is 0 Å². The second kappa shape index (κ2) is 11.2. The van der Waals surface area contributed by atoms with Crippen molar-refractivity contribution in [2.75, 3.05) is 4.90 Å². The highest BCUT2D eigenvalue weighted by atomic mass is 35.5. The maximum Gasteiger partial charge on any atom is 0.301 e. The van der Waals surface area contributed by atoms with Crippen molar-refractivity contribution in [1.82, 2.24) is 10.2 Å². The largest absolute Gasteiger partial charge is 0.507 e. The molecule has 1 fully saturated rings. The van der Waals surface area contributed by atoms with E-state index < -0.39 is 34.2 Å². The summed E-state index contributed by atoms with van der Waals surface area (Å²) in [5, 5.41) is 31.3. The number of ketones is 1. The van der Waals surface area contributed by atoms with Gasteiger partial charge < -0.3 is 5.11 Å². The number of aromatic nitrogens is 2. The van der Waals surface area contributed by atoms with Crippen LogP contribution in [0.15, 0.2) is 76.6 Å². The van der Waals surface area contributed by atoms with Gasteiger partial charge in [0.1, 0.15) is 11.6 Å². The number of non-ortho nitro benzene ring substituents is 1. The molecule has 1 aromatic heterocycles. The molecule has 1 N–H and O–H groups in total. The number of nitrogens with zero attached hydrogens (tertiary/aromatic N) is 4. The zero-order valence-electron chi connectivity index (χ0n) is 20.6. The predicted molar refractivity (Wildman–Crippen MR) is 150 cm³/mol. The molecule has 1 aliphatic rings. The minimum absolute atomic E-state index is 0.00117. The summed E-state index contributed by atoms with van der Waals surface area (Å²) in [6.45, 7) is 1.55. The average molecular weight is 597 g/mol. The minimum atomic E-state index is -1.19. The van der Waals surface area contributed by atoms with Crippen molar-refractivity contribution in [2.45, 2.75) is 23.1 Å². The Balaban J connectivity index is 1.57. The highest BCUT2D eigenvalue weighted by Gasteiger charge is 2.48. The molecule has 0 aliphatic carbocycles. The Morgan fingerprint density at radius 3 is 2.55 bits per heavy atom.